The van der Waals surface area contributed by atoms with Crippen molar-refractivity contribution in [3.05, 3.63) is 30.5 Å². The van der Waals surface area contributed by atoms with Crippen LogP contribution < -0.4 is 14.2 Å². The molecule has 0 aliphatic rings. The number of aromatic nitrogens is 3. The topological polar surface area (TPSA) is 69.3 Å². The van der Waals surface area contributed by atoms with Gasteiger partial charge in [-0.3, -0.25) is 0 Å². The molecule has 0 aliphatic heterocycles. The fourth-order valence-electron chi connectivity index (χ4n) is 2.42. The summed E-state index contributed by atoms with van der Waals surface area (Å²) in [6.07, 6.45) is 3.63. The van der Waals surface area contributed by atoms with Crippen LogP contribution in [0, 0.1) is 0 Å². The van der Waals surface area contributed by atoms with Gasteiger partial charge in [0.2, 0.25) is 0 Å². The van der Waals surface area contributed by atoms with Crippen LogP contribution >= 0.6 is 10.9 Å². The Balaban J connectivity index is 1.99. The third-order valence-corrected chi connectivity index (χ3v) is 5.38. The average Bonchev–Trinajstić information content (AvgIpc) is 3.03. The van der Waals surface area contributed by atoms with Gasteiger partial charge in [-0.1, -0.05) is 0 Å². The van der Waals surface area contributed by atoms with E-state index in [1.165, 1.54) is 12.1 Å². The monoisotopic (exact) mass is 369 g/mol. The van der Waals surface area contributed by atoms with Gasteiger partial charge in [-0.25, -0.2) is 9.97 Å². The molecule has 0 fully saturated rings. The predicted octanol–water partition coefficient (Wildman–Crippen LogP) is 3.63. The van der Waals surface area contributed by atoms with Crippen LogP contribution in [-0.4, -0.2) is 42.0 Å². The first kappa shape index (κ1) is 17.3. The zero-order chi connectivity index (χ0) is 18.0. The highest BCUT2D eigenvalue weighted by molar-refractivity contribution is 8.16. The lowest BCUT2D eigenvalue weighted by Crippen LogP contribution is -2.01. The number of thiol groups is 1. The molecule has 0 bridgehead atoms. The van der Waals surface area contributed by atoms with Crippen LogP contribution in [0.2, 0.25) is 0 Å². The maximum Gasteiger partial charge on any atom is 0.387 e. The van der Waals surface area contributed by atoms with Crippen LogP contribution in [0.25, 0.3) is 11.0 Å². The second kappa shape index (κ2) is 7.14. The molecule has 0 radical (unpaired) electrons. The van der Waals surface area contributed by atoms with Crippen LogP contribution in [0.15, 0.2) is 40.6 Å². The Morgan fingerprint density at radius 1 is 1.16 bits per heavy atom. The van der Waals surface area contributed by atoms with Crippen molar-refractivity contribution < 1.29 is 23.0 Å². The molecule has 9 heteroatoms. The minimum atomic E-state index is -2.87. The smallest absolute Gasteiger partial charge is 0.387 e. The van der Waals surface area contributed by atoms with Gasteiger partial charge >= 0.3 is 6.61 Å². The maximum absolute atomic E-state index is 12.3. The van der Waals surface area contributed by atoms with Gasteiger partial charge in [-0.2, -0.15) is 8.78 Å². The zero-order valence-corrected chi connectivity index (χ0v) is 14.7. The first-order chi connectivity index (χ1) is 12.0. The fourth-order valence-corrected chi connectivity index (χ4v) is 3.91. The number of rotatable bonds is 6. The first-order valence-electron chi connectivity index (χ1n) is 7.28. The highest BCUT2D eigenvalue weighted by atomic mass is 32.2. The summed E-state index contributed by atoms with van der Waals surface area (Å²) in [5.41, 5.74) is 1.28. The lowest BCUT2D eigenvalue weighted by Gasteiger charge is -2.17. The van der Waals surface area contributed by atoms with E-state index in [1.807, 2.05) is 6.26 Å². The molecule has 3 aromatic rings. The molecule has 0 amide bonds. The zero-order valence-electron chi connectivity index (χ0n) is 13.8. The van der Waals surface area contributed by atoms with Gasteiger partial charge in [0.05, 0.1) is 25.3 Å². The molecule has 2 heterocycles. The van der Waals surface area contributed by atoms with Gasteiger partial charge in [-0.05, 0) is 18.4 Å². The van der Waals surface area contributed by atoms with E-state index in [-0.39, 0.29) is 5.75 Å². The van der Waals surface area contributed by atoms with Crippen molar-refractivity contribution in [3.8, 4) is 17.2 Å². The molecule has 25 heavy (non-hydrogen) atoms. The number of halogens is 2. The molecule has 134 valence electrons. The number of fused-ring (bicyclic) bond motifs is 1. The number of imidazole rings is 1. The third kappa shape index (κ3) is 3.46. The standard InChI is InChI=1S/C16H17F2N3O3S/c1-22-12-6-7-19-14(13(12)23-2)25(3)16-20-10-5-4-9(24-15(17)18)8-11(10)21-16/h4-8,15,25H,1-3H3,(H,20,21). The summed E-state index contributed by atoms with van der Waals surface area (Å²) in [6.45, 7) is -2.87. The van der Waals surface area contributed by atoms with Crippen LogP contribution in [0.3, 0.4) is 0 Å². The van der Waals surface area contributed by atoms with E-state index in [0.29, 0.717) is 22.2 Å². The van der Waals surface area contributed by atoms with Crippen molar-refractivity contribution in [2.45, 2.75) is 16.8 Å². The molecule has 0 spiro atoms. The number of methoxy groups -OCH3 is 2. The van der Waals surface area contributed by atoms with E-state index in [1.54, 1.807) is 32.5 Å². The van der Waals surface area contributed by atoms with Crippen molar-refractivity contribution in [3.63, 3.8) is 0 Å². The van der Waals surface area contributed by atoms with E-state index in [4.69, 9.17) is 9.47 Å². The highest BCUT2D eigenvalue weighted by Gasteiger charge is 2.19. The molecule has 2 aromatic heterocycles. The SMILES string of the molecule is COc1ccnc([SH](C)c2nc3cc(OC(F)F)ccc3[nH]2)c1OC. The normalized spacial score (nSPS) is 13.1. The summed E-state index contributed by atoms with van der Waals surface area (Å²) in [6, 6.07) is 6.32. The van der Waals surface area contributed by atoms with Crippen LogP contribution in [0.1, 0.15) is 0 Å². The number of alkyl halides is 2. The second-order valence-electron chi connectivity index (χ2n) is 5.05. The Kier molecular flexibility index (Phi) is 4.93. The molecule has 0 saturated carbocycles. The Hall–Kier alpha value is -2.55. The Bertz CT molecular complexity index is 888. The van der Waals surface area contributed by atoms with Gasteiger partial charge in [-0.15, -0.1) is 10.9 Å². The van der Waals surface area contributed by atoms with E-state index in [0.717, 1.165) is 10.5 Å². The lowest BCUT2D eigenvalue weighted by atomic mass is 10.3. The van der Waals surface area contributed by atoms with Gasteiger partial charge in [0.1, 0.15) is 10.8 Å². The van der Waals surface area contributed by atoms with Crippen LogP contribution in [0.5, 0.6) is 17.2 Å². The van der Waals surface area contributed by atoms with Gasteiger partial charge in [0, 0.05) is 18.3 Å². The number of aromatic amines is 1. The van der Waals surface area contributed by atoms with E-state index < -0.39 is 17.5 Å². The number of hydrogen-bond acceptors (Lipinski definition) is 5. The Labute approximate surface area is 145 Å². The molecule has 1 unspecified atom stereocenters. The molecular formula is C16H17F2N3O3S. The number of hydrogen-bond donors (Lipinski definition) is 2. The first-order valence-corrected chi connectivity index (χ1v) is 9.07. The van der Waals surface area contributed by atoms with Crippen LogP contribution in [0.4, 0.5) is 8.78 Å². The van der Waals surface area contributed by atoms with E-state index in [9.17, 15) is 8.78 Å². The summed E-state index contributed by atoms with van der Waals surface area (Å²) < 4.78 is 39.8. The summed E-state index contributed by atoms with van der Waals surface area (Å²) in [4.78, 5) is 12.1. The number of nitrogens with one attached hydrogen (secondary N) is 1. The molecule has 1 N–H and O–H groups in total. The molecule has 6 nitrogen and oxygen atoms in total. The van der Waals surface area contributed by atoms with Crippen molar-refractivity contribution in [2.75, 3.05) is 20.5 Å². The number of nitrogens with zero attached hydrogens (tertiary/aromatic N) is 2. The average molecular weight is 369 g/mol. The number of benzene rings is 1. The molecule has 3 rings (SSSR count). The summed E-state index contributed by atoms with van der Waals surface area (Å²) in [7, 11) is 2.15. The Morgan fingerprint density at radius 2 is 1.96 bits per heavy atom. The van der Waals surface area contributed by atoms with Crippen molar-refractivity contribution in [1.29, 1.82) is 0 Å². The maximum atomic E-state index is 12.3. The summed E-state index contributed by atoms with van der Waals surface area (Å²) in [5.74, 6) is 1.21. The summed E-state index contributed by atoms with van der Waals surface area (Å²) >= 11 is 0. The number of ether oxygens (including phenoxy) is 3. The molecule has 0 saturated heterocycles. The van der Waals surface area contributed by atoms with Crippen molar-refractivity contribution in [2.24, 2.45) is 0 Å². The highest BCUT2D eigenvalue weighted by Crippen LogP contribution is 2.46. The van der Waals surface area contributed by atoms with Crippen LogP contribution in [-0.2, 0) is 0 Å². The molecule has 1 atom stereocenters. The summed E-state index contributed by atoms with van der Waals surface area (Å²) in [5, 5.41) is 1.42. The molecule has 1 aromatic carbocycles. The number of H-pyrrole nitrogens is 1. The minimum Gasteiger partial charge on any atom is -0.493 e. The second-order valence-corrected chi connectivity index (χ2v) is 7.01. The van der Waals surface area contributed by atoms with Gasteiger partial charge in [0.25, 0.3) is 0 Å². The van der Waals surface area contributed by atoms with Gasteiger partial charge < -0.3 is 19.2 Å². The largest absolute Gasteiger partial charge is 0.493 e. The fraction of sp³-hybridized carbons (Fsp3) is 0.250. The molecule has 0 aliphatic carbocycles. The van der Waals surface area contributed by atoms with Gasteiger partial charge in [0.15, 0.2) is 16.7 Å². The number of pyridine rings is 1. The third-order valence-electron chi connectivity index (χ3n) is 3.58. The van der Waals surface area contributed by atoms with E-state index >= 15 is 0 Å². The van der Waals surface area contributed by atoms with Crippen molar-refractivity contribution in [1.82, 2.24) is 15.0 Å². The van der Waals surface area contributed by atoms with E-state index in [2.05, 4.69) is 19.7 Å². The Morgan fingerprint density at radius 3 is 2.64 bits per heavy atom. The lowest BCUT2D eigenvalue weighted by molar-refractivity contribution is -0.0497. The minimum absolute atomic E-state index is 0.0677. The molecular weight excluding hydrogens is 352 g/mol. The quantitative estimate of drug-likeness (QED) is 0.650. The predicted molar refractivity (Wildman–Crippen MR) is 91.5 cm³/mol. The van der Waals surface area contributed by atoms with Crippen molar-refractivity contribution >= 4 is 21.9 Å².